The number of nitrogens with one attached hydrogen (secondary N) is 1. The second-order valence-corrected chi connectivity index (χ2v) is 10.1. The zero-order valence-electron chi connectivity index (χ0n) is 21.6. The van der Waals surface area contributed by atoms with Crippen LogP contribution in [0.3, 0.4) is 0 Å². The van der Waals surface area contributed by atoms with E-state index in [4.69, 9.17) is 42.8 Å². The van der Waals surface area contributed by atoms with E-state index in [9.17, 15) is 0 Å². The van der Waals surface area contributed by atoms with Crippen molar-refractivity contribution in [3.05, 3.63) is 57.8 Å². The first-order valence-corrected chi connectivity index (χ1v) is 13.4. The third-order valence-electron chi connectivity index (χ3n) is 7.08. The maximum atomic E-state index is 9.14. The van der Waals surface area contributed by atoms with Crippen LogP contribution in [-0.2, 0) is 13.0 Å². The van der Waals surface area contributed by atoms with Gasteiger partial charge in [0.15, 0.2) is 0 Å². The zero-order chi connectivity index (χ0) is 26.6. The van der Waals surface area contributed by atoms with Crippen LogP contribution < -0.4 is 24.6 Å². The standard InChI is InChI=1S/C27H32Cl2N6O3/c1-37-22-15-23(38-2)25(29)26(24(22)28)35-8-7-21-18(17-35)16-30-27(32-21)31-19-3-5-20(6-4-19)34-11-9-33(10-12-34)13-14-36/h3-6,15-16,36H,7-14,17H2,1-2H3,(H,30,31,32). The van der Waals surface area contributed by atoms with Crippen molar-refractivity contribution in [3.63, 3.8) is 0 Å². The number of aromatic nitrogens is 2. The number of benzene rings is 2. The highest BCUT2D eigenvalue weighted by Gasteiger charge is 2.26. The highest BCUT2D eigenvalue weighted by molar-refractivity contribution is 6.41. The second-order valence-electron chi connectivity index (χ2n) is 9.32. The minimum atomic E-state index is 0.212. The summed E-state index contributed by atoms with van der Waals surface area (Å²) in [4.78, 5) is 16.1. The van der Waals surface area contributed by atoms with E-state index in [1.54, 1.807) is 20.3 Å². The quantitative estimate of drug-likeness (QED) is 0.422. The molecule has 1 fully saturated rings. The molecule has 2 aliphatic rings. The number of aliphatic hydroxyl groups is 1. The molecule has 2 N–H and O–H groups in total. The minimum Gasteiger partial charge on any atom is -0.495 e. The molecule has 2 aliphatic heterocycles. The van der Waals surface area contributed by atoms with Gasteiger partial charge in [0.1, 0.15) is 21.5 Å². The molecule has 1 saturated heterocycles. The summed E-state index contributed by atoms with van der Waals surface area (Å²) >= 11 is 13.3. The maximum Gasteiger partial charge on any atom is 0.227 e. The summed E-state index contributed by atoms with van der Waals surface area (Å²) in [6, 6.07) is 10.0. The number of aliphatic hydroxyl groups excluding tert-OH is 1. The summed E-state index contributed by atoms with van der Waals surface area (Å²) in [5, 5.41) is 13.4. The van der Waals surface area contributed by atoms with Gasteiger partial charge >= 0.3 is 0 Å². The number of rotatable bonds is 8. The van der Waals surface area contributed by atoms with Gasteiger partial charge in [-0.3, -0.25) is 4.90 Å². The average molecular weight is 559 g/mol. The molecule has 1 aromatic heterocycles. The van der Waals surface area contributed by atoms with Gasteiger partial charge < -0.3 is 29.7 Å². The number of halogens is 2. The molecule has 3 heterocycles. The molecule has 0 aliphatic carbocycles. The Labute approximate surface area is 232 Å². The first kappa shape index (κ1) is 26.6. The monoisotopic (exact) mass is 558 g/mol. The molecule has 0 atom stereocenters. The van der Waals surface area contributed by atoms with E-state index in [1.807, 2.05) is 6.20 Å². The van der Waals surface area contributed by atoms with E-state index < -0.39 is 0 Å². The van der Waals surface area contributed by atoms with Crippen LogP contribution in [0.1, 0.15) is 11.3 Å². The third-order valence-corrected chi connectivity index (χ3v) is 7.81. The Morgan fingerprint density at radius 1 is 0.947 bits per heavy atom. The number of piperazine rings is 1. The number of ether oxygens (including phenoxy) is 2. The number of nitrogens with zero attached hydrogens (tertiary/aromatic N) is 5. The number of hydrogen-bond acceptors (Lipinski definition) is 9. The van der Waals surface area contributed by atoms with Crippen molar-refractivity contribution in [2.45, 2.75) is 13.0 Å². The van der Waals surface area contributed by atoms with Crippen LogP contribution in [0.2, 0.25) is 10.0 Å². The Morgan fingerprint density at radius 3 is 2.26 bits per heavy atom. The Bertz CT molecular complexity index is 1240. The van der Waals surface area contributed by atoms with Gasteiger partial charge in [-0.25, -0.2) is 9.97 Å². The number of β-amino-alcohol motifs (C(OH)–C–C–N with tert-alkyl or cyclic N) is 1. The molecule has 9 nitrogen and oxygen atoms in total. The van der Waals surface area contributed by atoms with Gasteiger partial charge in [-0.2, -0.15) is 0 Å². The minimum absolute atomic E-state index is 0.212. The molecule has 0 unspecified atom stereocenters. The fourth-order valence-electron chi connectivity index (χ4n) is 4.97. The normalized spacial score (nSPS) is 15.8. The molecule has 0 radical (unpaired) electrons. The van der Waals surface area contributed by atoms with Crippen molar-refractivity contribution in [2.75, 3.05) is 75.2 Å². The van der Waals surface area contributed by atoms with E-state index in [0.717, 1.165) is 56.1 Å². The molecule has 11 heteroatoms. The van der Waals surface area contributed by atoms with Gasteiger partial charge in [0.05, 0.1) is 32.2 Å². The lowest BCUT2D eigenvalue weighted by Crippen LogP contribution is -2.47. The Balaban J connectivity index is 1.25. The highest BCUT2D eigenvalue weighted by atomic mass is 35.5. The van der Waals surface area contributed by atoms with Crippen LogP contribution >= 0.6 is 23.2 Å². The van der Waals surface area contributed by atoms with Gasteiger partial charge in [0.2, 0.25) is 5.95 Å². The summed E-state index contributed by atoms with van der Waals surface area (Å²) in [6.45, 7) is 6.06. The lowest BCUT2D eigenvalue weighted by molar-refractivity contribution is 0.189. The lowest BCUT2D eigenvalue weighted by Gasteiger charge is -2.35. The van der Waals surface area contributed by atoms with E-state index >= 15 is 0 Å². The summed E-state index contributed by atoms with van der Waals surface area (Å²) in [6.07, 6.45) is 2.58. The molecule has 3 aromatic rings. The first-order valence-electron chi connectivity index (χ1n) is 12.7. The van der Waals surface area contributed by atoms with Crippen molar-refractivity contribution in [3.8, 4) is 11.5 Å². The van der Waals surface area contributed by atoms with Gasteiger partial charge in [-0.15, -0.1) is 0 Å². The molecule has 202 valence electrons. The van der Waals surface area contributed by atoms with Crippen molar-refractivity contribution in [2.24, 2.45) is 0 Å². The number of anilines is 4. The maximum absolute atomic E-state index is 9.14. The van der Waals surface area contributed by atoms with Crippen LogP contribution in [0.25, 0.3) is 0 Å². The van der Waals surface area contributed by atoms with Crippen LogP contribution in [0, 0.1) is 0 Å². The van der Waals surface area contributed by atoms with Crippen LogP contribution in [0.5, 0.6) is 11.5 Å². The molecule has 38 heavy (non-hydrogen) atoms. The van der Waals surface area contributed by atoms with E-state index in [0.29, 0.717) is 46.3 Å². The topological polar surface area (TPSA) is 86.2 Å². The molecule has 0 spiro atoms. The van der Waals surface area contributed by atoms with E-state index in [1.165, 1.54) is 5.69 Å². The van der Waals surface area contributed by atoms with Crippen LogP contribution in [-0.4, -0.2) is 80.1 Å². The van der Waals surface area contributed by atoms with Gasteiger partial charge in [-0.05, 0) is 24.3 Å². The van der Waals surface area contributed by atoms with Crippen molar-refractivity contribution < 1.29 is 14.6 Å². The van der Waals surface area contributed by atoms with Gasteiger partial charge in [-0.1, -0.05) is 23.2 Å². The highest BCUT2D eigenvalue weighted by Crippen LogP contribution is 2.47. The molecule has 0 amide bonds. The first-order chi connectivity index (χ1) is 18.5. The van der Waals surface area contributed by atoms with Crippen molar-refractivity contribution in [1.82, 2.24) is 14.9 Å². The average Bonchev–Trinajstić information content (AvgIpc) is 2.94. The van der Waals surface area contributed by atoms with E-state index in [-0.39, 0.29) is 6.61 Å². The summed E-state index contributed by atoms with van der Waals surface area (Å²) in [7, 11) is 3.14. The summed E-state index contributed by atoms with van der Waals surface area (Å²) in [5.74, 6) is 1.60. The van der Waals surface area contributed by atoms with Crippen molar-refractivity contribution >= 4 is 46.2 Å². The van der Waals surface area contributed by atoms with Crippen molar-refractivity contribution in [1.29, 1.82) is 0 Å². The third kappa shape index (κ3) is 5.56. The summed E-state index contributed by atoms with van der Waals surface area (Å²) < 4.78 is 10.9. The SMILES string of the molecule is COc1cc(OC)c(Cl)c(N2CCc3nc(Nc4ccc(N5CCN(CCO)CC5)cc4)ncc3C2)c1Cl. The Kier molecular flexibility index (Phi) is 8.28. The number of hydrogen-bond donors (Lipinski definition) is 2. The Hall–Kier alpha value is -2.98. The molecule has 5 rings (SSSR count). The number of methoxy groups -OCH3 is 2. The predicted octanol–water partition coefficient (Wildman–Crippen LogP) is 4.22. The molecule has 0 saturated carbocycles. The number of fused-ring (bicyclic) bond motifs is 1. The molecule has 0 bridgehead atoms. The molecular weight excluding hydrogens is 527 g/mol. The fourth-order valence-corrected chi connectivity index (χ4v) is 5.71. The fraction of sp³-hybridized carbons (Fsp3) is 0.407. The molecule has 2 aromatic carbocycles. The van der Waals surface area contributed by atoms with Crippen LogP contribution in [0.4, 0.5) is 23.0 Å². The zero-order valence-corrected chi connectivity index (χ0v) is 23.1. The predicted molar refractivity (Wildman–Crippen MR) is 152 cm³/mol. The lowest BCUT2D eigenvalue weighted by atomic mass is 10.1. The smallest absolute Gasteiger partial charge is 0.227 e. The van der Waals surface area contributed by atoms with Gasteiger partial charge in [0, 0.05) is 81.4 Å². The van der Waals surface area contributed by atoms with Crippen LogP contribution in [0.15, 0.2) is 36.5 Å². The Morgan fingerprint density at radius 2 is 1.63 bits per heavy atom. The van der Waals surface area contributed by atoms with E-state index in [2.05, 4.69) is 49.3 Å². The molecular formula is C27H32Cl2N6O3. The second kappa shape index (κ2) is 11.8. The van der Waals surface area contributed by atoms with Gasteiger partial charge in [0.25, 0.3) is 0 Å². The summed E-state index contributed by atoms with van der Waals surface area (Å²) in [5.41, 5.74) is 4.83. The largest absolute Gasteiger partial charge is 0.495 e.